The van der Waals surface area contributed by atoms with Crippen LogP contribution in [0.5, 0.6) is 0 Å². The van der Waals surface area contributed by atoms with E-state index in [1.807, 2.05) is 26.8 Å². The molecule has 0 spiro atoms. The molecule has 0 fully saturated rings. The van der Waals surface area contributed by atoms with Crippen LogP contribution in [0.15, 0.2) is 22.6 Å². The normalized spacial score (nSPS) is 10.1. The van der Waals surface area contributed by atoms with Gasteiger partial charge in [0.2, 0.25) is 0 Å². The van der Waals surface area contributed by atoms with Gasteiger partial charge in [0.15, 0.2) is 10.9 Å². The molecule has 0 aliphatic rings. The van der Waals surface area contributed by atoms with Gasteiger partial charge in [0.25, 0.3) is 0 Å². The minimum Gasteiger partial charge on any atom is -0.245 e. The number of hydrogen-bond donors (Lipinski definition) is 0. The van der Waals surface area contributed by atoms with Crippen molar-refractivity contribution in [3.8, 4) is 6.07 Å². The van der Waals surface area contributed by atoms with Crippen LogP contribution in [0.4, 0.5) is 0 Å². The molecule has 0 N–H and O–H groups in total. The molecule has 0 saturated carbocycles. The van der Waals surface area contributed by atoms with Crippen molar-refractivity contribution in [2.45, 2.75) is 31.0 Å². The second kappa shape index (κ2) is 5.10. The quantitative estimate of drug-likeness (QED) is 0.768. The zero-order valence-electron chi connectivity index (χ0n) is 10.3. The molecule has 0 aliphatic carbocycles. The SMILES string of the molecule is Cc1nc(Sc2nccnc2C#N)nc(C)c1C. The fraction of sp³-hybridized carbons (Fsp3) is 0.250. The number of nitrogens with zero attached hydrogens (tertiary/aromatic N) is 5. The molecule has 18 heavy (non-hydrogen) atoms. The van der Waals surface area contributed by atoms with E-state index in [9.17, 15) is 0 Å². The highest BCUT2D eigenvalue weighted by molar-refractivity contribution is 7.99. The van der Waals surface area contributed by atoms with Gasteiger partial charge in [-0.2, -0.15) is 5.26 Å². The van der Waals surface area contributed by atoms with Crippen molar-refractivity contribution >= 4 is 11.8 Å². The van der Waals surface area contributed by atoms with E-state index >= 15 is 0 Å². The zero-order valence-corrected chi connectivity index (χ0v) is 11.1. The summed E-state index contributed by atoms with van der Waals surface area (Å²) in [5.41, 5.74) is 3.25. The van der Waals surface area contributed by atoms with Crippen molar-refractivity contribution in [2.75, 3.05) is 0 Å². The third kappa shape index (κ3) is 2.46. The van der Waals surface area contributed by atoms with Crippen LogP contribution < -0.4 is 0 Å². The highest BCUT2D eigenvalue weighted by atomic mass is 32.2. The maximum Gasteiger partial charge on any atom is 0.194 e. The van der Waals surface area contributed by atoms with E-state index in [0.717, 1.165) is 17.0 Å². The Morgan fingerprint density at radius 1 is 1.06 bits per heavy atom. The minimum atomic E-state index is 0.294. The van der Waals surface area contributed by atoms with Crippen molar-refractivity contribution in [2.24, 2.45) is 0 Å². The summed E-state index contributed by atoms with van der Waals surface area (Å²) in [5, 5.41) is 10.1. The van der Waals surface area contributed by atoms with Gasteiger partial charge in [-0.3, -0.25) is 0 Å². The summed E-state index contributed by atoms with van der Waals surface area (Å²) in [6.45, 7) is 5.87. The van der Waals surface area contributed by atoms with Crippen molar-refractivity contribution < 1.29 is 0 Å². The second-order valence-electron chi connectivity index (χ2n) is 3.73. The number of aromatic nitrogens is 4. The van der Waals surface area contributed by atoms with Crippen molar-refractivity contribution in [3.05, 3.63) is 35.0 Å². The van der Waals surface area contributed by atoms with Gasteiger partial charge in [-0.15, -0.1) is 0 Å². The van der Waals surface area contributed by atoms with Gasteiger partial charge >= 0.3 is 0 Å². The lowest BCUT2D eigenvalue weighted by atomic mass is 10.2. The van der Waals surface area contributed by atoms with Crippen LogP contribution in [-0.4, -0.2) is 19.9 Å². The third-order valence-electron chi connectivity index (χ3n) is 2.57. The van der Waals surface area contributed by atoms with Gasteiger partial charge in [0, 0.05) is 23.8 Å². The molecule has 0 aromatic carbocycles. The van der Waals surface area contributed by atoms with Crippen molar-refractivity contribution in [3.63, 3.8) is 0 Å². The van der Waals surface area contributed by atoms with E-state index in [2.05, 4.69) is 19.9 Å². The van der Waals surface area contributed by atoms with E-state index < -0.39 is 0 Å². The first-order chi connectivity index (χ1) is 8.61. The maximum atomic E-state index is 8.94. The first kappa shape index (κ1) is 12.5. The topological polar surface area (TPSA) is 75.3 Å². The summed E-state index contributed by atoms with van der Waals surface area (Å²) in [6.07, 6.45) is 3.05. The van der Waals surface area contributed by atoms with Crippen LogP contribution in [0.1, 0.15) is 22.6 Å². The molecule has 0 radical (unpaired) electrons. The Balaban J connectivity index is 2.38. The van der Waals surface area contributed by atoms with E-state index in [1.54, 1.807) is 6.20 Å². The fourth-order valence-electron chi connectivity index (χ4n) is 1.35. The Morgan fingerprint density at radius 3 is 2.28 bits per heavy atom. The summed E-state index contributed by atoms with van der Waals surface area (Å²) in [7, 11) is 0. The van der Waals surface area contributed by atoms with E-state index in [4.69, 9.17) is 5.26 Å². The fourth-order valence-corrected chi connectivity index (χ4v) is 2.20. The molecular formula is C12H11N5S. The Labute approximate surface area is 109 Å². The highest BCUT2D eigenvalue weighted by Crippen LogP contribution is 2.25. The summed E-state index contributed by atoms with van der Waals surface area (Å²) in [5.74, 6) is 0. The zero-order chi connectivity index (χ0) is 13.1. The molecule has 2 rings (SSSR count). The van der Waals surface area contributed by atoms with Gasteiger partial charge in [0.05, 0.1) is 0 Å². The van der Waals surface area contributed by atoms with Crippen LogP contribution >= 0.6 is 11.8 Å². The smallest absolute Gasteiger partial charge is 0.194 e. The summed E-state index contributed by atoms with van der Waals surface area (Å²) in [4.78, 5) is 16.8. The predicted molar refractivity (Wildman–Crippen MR) is 67.1 cm³/mol. The molecule has 0 bridgehead atoms. The largest absolute Gasteiger partial charge is 0.245 e. The molecule has 90 valence electrons. The molecule has 0 atom stereocenters. The minimum absolute atomic E-state index is 0.294. The molecule has 2 heterocycles. The molecule has 2 aromatic rings. The van der Waals surface area contributed by atoms with Crippen LogP contribution in [-0.2, 0) is 0 Å². The Morgan fingerprint density at radius 2 is 1.67 bits per heavy atom. The lowest BCUT2D eigenvalue weighted by Crippen LogP contribution is -1.99. The molecule has 6 heteroatoms. The van der Waals surface area contributed by atoms with Crippen molar-refractivity contribution in [1.29, 1.82) is 5.26 Å². The number of aryl methyl sites for hydroxylation is 2. The number of rotatable bonds is 2. The lowest BCUT2D eigenvalue weighted by molar-refractivity contribution is 0.876. The van der Waals surface area contributed by atoms with E-state index in [0.29, 0.717) is 15.9 Å². The first-order valence-electron chi connectivity index (χ1n) is 5.32. The van der Waals surface area contributed by atoms with Crippen LogP contribution in [0.2, 0.25) is 0 Å². The predicted octanol–water partition coefficient (Wildman–Crippen LogP) is 2.21. The molecule has 0 amide bonds. The molecule has 5 nitrogen and oxygen atoms in total. The Hall–Kier alpha value is -2.00. The van der Waals surface area contributed by atoms with Gasteiger partial charge in [-0.1, -0.05) is 0 Å². The Bertz CT molecular complexity index is 610. The molecule has 2 aromatic heterocycles. The summed E-state index contributed by atoms with van der Waals surface area (Å²) >= 11 is 1.26. The van der Waals surface area contributed by atoms with Gasteiger partial charge in [-0.05, 0) is 38.1 Å². The summed E-state index contributed by atoms with van der Waals surface area (Å²) < 4.78 is 0. The number of nitriles is 1. The van der Waals surface area contributed by atoms with E-state index in [-0.39, 0.29) is 0 Å². The highest BCUT2D eigenvalue weighted by Gasteiger charge is 2.10. The maximum absolute atomic E-state index is 8.94. The van der Waals surface area contributed by atoms with Gasteiger partial charge < -0.3 is 0 Å². The standard InChI is InChI=1S/C12H11N5S/c1-7-8(2)16-12(17-9(7)3)18-11-10(6-13)14-4-5-15-11/h4-5H,1-3H3. The molecular weight excluding hydrogens is 246 g/mol. The average molecular weight is 257 g/mol. The average Bonchev–Trinajstić information content (AvgIpc) is 2.36. The molecule has 0 aliphatic heterocycles. The number of hydrogen-bond acceptors (Lipinski definition) is 6. The van der Waals surface area contributed by atoms with Crippen LogP contribution in [0, 0.1) is 32.1 Å². The van der Waals surface area contributed by atoms with Crippen LogP contribution in [0.3, 0.4) is 0 Å². The first-order valence-corrected chi connectivity index (χ1v) is 6.14. The van der Waals surface area contributed by atoms with E-state index in [1.165, 1.54) is 18.0 Å². The second-order valence-corrected chi connectivity index (χ2v) is 4.68. The van der Waals surface area contributed by atoms with Gasteiger partial charge in [-0.25, -0.2) is 19.9 Å². The lowest BCUT2D eigenvalue weighted by Gasteiger charge is -2.06. The summed E-state index contributed by atoms with van der Waals surface area (Å²) in [6, 6.07) is 2.01. The molecule has 0 unspecified atom stereocenters. The van der Waals surface area contributed by atoms with Gasteiger partial charge in [0.1, 0.15) is 11.1 Å². The Kier molecular flexibility index (Phi) is 3.53. The van der Waals surface area contributed by atoms with Crippen molar-refractivity contribution in [1.82, 2.24) is 19.9 Å². The molecule has 0 saturated heterocycles. The third-order valence-corrected chi connectivity index (χ3v) is 3.43. The van der Waals surface area contributed by atoms with Crippen LogP contribution in [0.25, 0.3) is 0 Å². The monoisotopic (exact) mass is 257 g/mol.